The predicted octanol–water partition coefficient (Wildman–Crippen LogP) is 3.21. The summed E-state index contributed by atoms with van der Waals surface area (Å²) in [6.07, 6.45) is 0. The number of rotatable bonds is 4. The molecule has 0 aliphatic carbocycles. The van der Waals surface area contributed by atoms with Gasteiger partial charge in [-0.25, -0.2) is 4.79 Å². The first-order valence-corrected chi connectivity index (χ1v) is 7.39. The van der Waals surface area contributed by atoms with Crippen LogP contribution in [0.4, 0.5) is 5.69 Å². The van der Waals surface area contributed by atoms with Gasteiger partial charge in [-0.2, -0.15) is 0 Å². The van der Waals surface area contributed by atoms with Crippen molar-refractivity contribution in [3.63, 3.8) is 0 Å². The van der Waals surface area contributed by atoms with E-state index in [9.17, 15) is 9.59 Å². The lowest BCUT2D eigenvalue weighted by molar-refractivity contribution is 0.0959. The summed E-state index contributed by atoms with van der Waals surface area (Å²) >= 11 is 6.00. The van der Waals surface area contributed by atoms with Crippen LogP contribution in [0.15, 0.2) is 57.7 Å². The van der Waals surface area contributed by atoms with Crippen LogP contribution >= 0.6 is 11.6 Å². The Hall–Kier alpha value is -2.99. The maximum atomic E-state index is 12.2. The first-order chi connectivity index (χ1) is 11.6. The molecular formula is C17H13ClN2O4. The van der Waals surface area contributed by atoms with Gasteiger partial charge in [0.15, 0.2) is 11.3 Å². The zero-order chi connectivity index (χ0) is 17.1. The average molecular weight is 345 g/mol. The Morgan fingerprint density at radius 3 is 2.62 bits per heavy atom. The highest BCUT2D eigenvalue weighted by molar-refractivity contribution is 6.31. The number of hydrogen-bond acceptors (Lipinski definition) is 5. The molecule has 24 heavy (non-hydrogen) atoms. The summed E-state index contributed by atoms with van der Waals surface area (Å²) in [6, 6.07) is 13.6. The van der Waals surface area contributed by atoms with Crippen LogP contribution in [-0.4, -0.2) is 13.0 Å². The van der Waals surface area contributed by atoms with Crippen LogP contribution in [0, 0.1) is 0 Å². The third-order valence-corrected chi connectivity index (χ3v) is 3.54. The summed E-state index contributed by atoms with van der Waals surface area (Å²) in [5, 5.41) is 0.894. The number of carbonyl (C=O) groups excluding carboxylic acids is 1. The molecule has 0 aliphatic rings. The Bertz CT molecular complexity index is 954. The fraction of sp³-hybridized carbons (Fsp3) is 0.0588. The molecule has 3 rings (SSSR count). The molecule has 122 valence electrons. The first kappa shape index (κ1) is 15.9. The van der Waals surface area contributed by atoms with E-state index in [-0.39, 0.29) is 11.1 Å². The third-order valence-electron chi connectivity index (χ3n) is 3.32. The standard InChI is InChI=1S/C17H13ClN2O4/c1-23-14-9-11(18)7-10-8-13(17(22)24-15(10)14)16(21)20-19-12-5-3-2-4-6-12/h2-9,19H,1H3,(H,20,21). The van der Waals surface area contributed by atoms with E-state index >= 15 is 0 Å². The Kier molecular flexibility index (Phi) is 4.39. The van der Waals surface area contributed by atoms with Crippen molar-refractivity contribution in [3.05, 3.63) is 69.5 Å². The summed E-state index contributed by atoms with van der Waals surface area (Å²) in [7, 11) is 1.44. The number of hydrazine groups is 1. The largest absolute Gasteiger partial charge is 0.493 e. The van der Waals surface area contributed by atoms with Crippen molar-refractivity contribution in [3.8, 4) is 5.75 Å². The van der Waals surface area contributed by atoms with Gasteiger partial charge < -0.3 is 9.15 Å². The number of anilines is 1. The van der Waals surface area contributed by atoms with E-state index < -0.39 is 11.5 Å². The first-order valence-electron chi connectivity index (χ1n) is 7.01. The Morgan fingerprint density at radius 1 is 1.17 bits per heavy atom. The fourth-order valence-electron chi connectivity index (χ4n) is 2.19. The molecule has 7 heteroatoms. The van der Waals surface area contributed by atoms with Crippen LogP contribution in [0.25, 0.3) is 11.0 Å². The molecule has 2 aromatic carbocycles. The Morgan fingerprint density at radius 2 is 1.92 bits per heavy atom. The number of fused-ring (bicyclic) bond motifs is 1. The van der Waals surface area contributed by atoms with Gasteiger partial charge in [-0.3, -0.25) is 15.6 Å². The van der Waals surface area contributed by atoms with Gasteiger partial charge in [-0.05, 0) is 24.3 Å². The molecular weight excluding hydrogens is 332 g/mol. The molecule has 1 aromatic heterocycles. The number of nitrogens with one attached hydrogen (secondary N) is 2. The monoisotopic (exact) mass is 344 g/mol. The lowest BCUT2D eigenvalue weighted by atomic mass is 10.1. The summed E-state index contributed by atoms with van der Waals surface area (Å²) in [6.45, 7) is 0. The van der Waals surface area contributed by atoms with E-state index in [0.717, 1.165) is 0 Å². The molecule has 0 saturated heterocycles. The number of hydrogen-bond donors (Lipinski definition) is 2. The quantitative estimate of drug-likeness (QED) is 0.561. The van der Waals surface area contributed by atoms with E-state index in [1.165, 1.54) is 19.2 Å². The topological polar surface area (TPSA) is 80.6 Å². The maximum Gasteiger partial charge on any atom is 0.349 e. The Labute approximate surface area is 142 Å². The summed E-state index contributed by atoms with van der Waals surface area (Å²) in [5.41, 5.74) is 5.18. The summed E-state index contributed by atoms with van der Waals surface area (Å²) in [4.78, 5) is 24.3. The second-order valence-electron chi connectivity index (χ2n) is 4.92. The van der Waals surface area contributed by atoms with Crippen molar-refractivity contribution in [1.29, 1.82) is 0 Å². The van der Waals surface area contributed by atoms with Crippen LogP contribution in [0.3, 0.4) is 0 Å². The normalized spacial score (nSPS) is 10.4. The molecule has 0 bridgehead atoms. The highest BCUT2D eigenvalue weighted by Crippen LogP contribution is 2.29. The molecule has 0 fully saturated rings. The van der Waals surface area contributed by atoms with Crippen LogP contribution in [0.5, 0.6) is 5.75 Å². The number of amides is 1. The molecule has 1 heterocycles. The van der Waals surface area contributed by atoms with E-state index in [0.29, 0.717) is 21.8 Å². The number of benzene rings is 2. The molecule has 0 radical (unpaired) electrons. The van der Waals surface area contributed by atoms with Gasteiger partial charge in [0.1, 0.15) is 5.56 Å². The third kappa shape index (κ3) is 3.18. The van der Waals surface area contributed by atoms with Crippen molar-refractivity contribution < 1.29 is 13.9 Å². The van der Waals surface area contributed by atoms with E-state index in [2.05, 4.69) is 10.9 Å². The number of carbonyl (C=O) groups is 1. The second-order valence-corrected chi connectivity index (χ2v) is 5.36. The van der Waals surface area contributed by atoms with Gasteiger partial charge in [0.2, 0.25) is 0 Å². The van der Waals surface area contributed by atoms with Crippen LogP contribution in [-0.2, 0) is 0 Å². The molecule has 2 N–H and O–H groups in total. The highest BCUT2D eigenvalue weighted by atomic mass is 35.5. The lowest BCUT2D eigenvalue weighted by Crippen LogP contribution is -2.32. The predicted molar refractivity (Wildman–Crippen MR) is 91.6 cm³/mol. The minimum atomic E-state index is -0.768. The Balaban J connectivity index is 1.93. The van der Waals surface area contributed by atoms with Gasteiger partial charge >= 0.3 is 5.63 Å². The van der Waals surface area contributed by atoms with E-state index in [1.54, 1.807) is 18.2 Å². The minimum absolute atomic E-state index is 0.143. The van der Waals surface area contributed by atoms with Crippen molar-refractivity contribution >= 4 is 34.2 Å². The van der Waals surface area contributed by atoms with Gasteiger partial charge in [-0.15, -0.1) is 0 Å². The van der Waals surface area contributed by atoms with Gasteiger partial charge in [-0.1, -0.05) is 29.8 Å². The molecule has 0 aliphatic heterocycles. The number of para-hydroxylation sites is 1. The molecule has 0 saturated carbocycles. The SMILES string of the molecule is COc1cc(Cl)cc2cc(C(=O)NNc3ccccc3)c(=O)oc12. The molecule has 0 unspecified atom stereocenters. The molecule has 0 spiro atoms. The summed E-state index contributed by atoms with van der Waals surface area (Å²) < 4.78 is 10.4. The smallest absolute Gasteiger partial charge is 0.349 e. The fourth-order valence-corrected chi connectivity index (χ4v) is 2.41. The van der Waals surface area contributed by atoms with E-state index in [1.807, 2.05) is 18.2 Å². The number of halogens is 1. The molecule has 1 amide bonds. The van der Waals surface area contributed by atoms with Crippen molar-refractivity contribution in [2.75, 3.05) is 12.5 Å². The summed E-state index contributed by atoms with van der Waals surface area (Å²) in [5.74, 6) is -0.294. The zero-order valence-corrected chi connectivity index (χ0v) is 13.4. The van der Waals surface area contributed by atoms with Gasteiger partial charge in [0.25, 0.3) is 5.91 Å². The molecule has 0 atom stereocenters. The van der Waals surface area contributed by atoms with E-state index in [4.69, 9.17) is 20.8 Å². The lowest BCUT2D eigenvalue weighted by Gasteiger charge is -2.09. The van der Waals surface area contributed by atoms with Gasteiger partial charge in [0, 0.05) is 16.5 Å². The van der Waals surface area contributed by atoms with Gasteiger partial charge in [0.05, 0.1) is 12.8 Å². The number of methoxy groups -OCH3 is 1. The van der Waals surface area contributed by atoms with Crippen LogP contribution in [0.1, 0.15) is 10.4 Å². The van der Waals surface area contributed by atoms with Crippen LogP contribution in [0.2, 0.25) is 5.02 Å². The van der Waals surface area contributed by atoms with Crippen molar-refractivity contribution in [1.82, 2.24) is 5.43 Å². The zero-order valence-electron chi connectivity index (χ0n) is 12.6. The second kappa shape index (κ2) is 6.64. The highest BCUT2D eigenvalue weighted by Gasteiger charge is 2.16. The maximum absolute atomic E-state index is 12.2. The molecule has 6 nitrogen and oxygen atoms in total. The van der Waals surface area contributed by atoms with Crippen molar-refractivity contribution in [2.24, 2.45) is 0 Å². The average Bonchev–Trinajstić information content (AvgIpc) is 2.59. The number of ether oxygens (including phenoxy) is 1. The molecule has 3 aromatic rings. The van der Waals surface area contributed by atoms with Crippen molar-refractivity contribution in [2.45, 2.75) is 0 Å². The minimum Gasteiger partial charge on any atom is -0.493 e. The van der Waals surface area contributed by atoms with Crippen LogP contribution < -0.4 is 21.2 Å².